The van der Waals surface area contributed by atoms with Crippen molar-refractivity contribution in [3.8, 4) is 5.75 Å². The van der Waals surface area contributed by atoms with Crippen LogP contribution in [-0.4, -0.2) is 24.1 Å². The van der Waals surface area contributed by atoms with Gasteiger partial charge in [0.2, 0.25) is 0 Å². The van der Waals surface area contributed by atoms with Crippen molar-refractivity contribution >= 4 is 55.0 Å². The first kappa shape index (κ1) is 29.8. The predicted octanol–water partition coefficient (Wildman–Crippen LogP) is 7.82. The van der Waals surface area contributed by atoms with Crippen LogP contribution in [-0.2, 0) is 14.4 Å². The maximum Gasteiger partial charge on any atom is 0.262 e. The van der Waals surface area contributed by atoms with E-state index in [1.54, 1.807) is 0 Å². The number of hydrogen-bond donors (Lipinski definition) is 2. The molecule has 1 heterocycles. The standard InChI is InChI=1S/C33H36Br2N2O4/c1-17-7-8-22(18(2)9-17)37-27(40)16-41-31-20(10-19(34)11-21(31)35)28-29-23(12-32(3,4)14-25(29)38)36-24-13-33(5,6)15-26(39)30(24)28/h7-11,28,36H,12-16H2,1-6H3,(H,37,40). The van der Waals surface area contributed by atoms with Crippen LogP contribution >= 0.6 is 31.9 Å². The summed E-state index contributed by atoms with van der Waals surface area (Å²) >= 11 is 7.25. The van der Waals surface area contributed by atoms with E-state index in [0.717, 1.165) is 32.7 Å². The largest absolute Gasteiger partial charge is 0.482 e. The molecule has 3 aliphatic rings. The minimum atomic E-state index is -0.584. The third-order valence-corrected chi connectivity index (χ3v) is 9.12. The third-order valence-electron chi connectivity index (χ3n) is 8.07. The van der Waals surface area contributed by atoms with Gasteiger partial charge >= 0.3 is 0 Å². The summed E-state index contributed by atoms with van der Waals surface area (Å²) in [5.74, 6) is -0.363. The Balaban J connectivity index is 1.57. The van der Waals surface area contributed by atoms with Gasteiger partial charge in [0.05, 0.1) is 4.47 Å². The quantitative estimate of drug-likeness (QED) is 0.336. The summed E-state index contributed by atoms with van der Waals surface area (Å²) in [4.78, 5) is 40.6. The van der Waals surface area contributed by atoms with Crippen molar-refractivity contribution in [3.05, 3.63) is 78.5 Å². The minimum Gasteiger partial charge on any atom is -0.482 e. The number of aryl methyl sites for hydroxylation is 2. The van der Waals surface area contributed by atoms with E-state index in [1.165, 1.54) is 0 Å². The Morgan fingerprint density at radius 1 is 0.927 bits per heavy atom. The fourth-order valence-electron chi connectivity index (χ4n) is 6.42. The van der Waals surface area contributed by atoms with Gasteiger partial charge in [-0.25, -0.2) is 0 Å². The summed E-state index contributed by atoms with van der Waals surface area (Å²) in [6, 6.07) is 9.61. The van der Waals surface area contributed by atoms with E-state index in [2.05, 4.69) is 70.2 Å². The van der Waals surface area contributed by atoms with Crippen molar-refractivity contribution < 1.29 is 19.1 Å². The first-order valence-electron chi connectivity index (χ1n) is 13.9. The average Bonchev–Trinajstić information content (AvgIpc) is 2.82. The van der Waals surface area contributed by atoms with Gasteiger partial charge in [-0.15, -0.1) is 0 Å². The molecule has 0 radical (unpaired) electrons. The van der Waals surface area contributed by atoms with Gasteiger partial charge in [0, 0.05) is 57.0 Å². The Kier molecular flexibility index (Phi) is 7.88. The molecule has 0 spiro atoms. The summed E-state index contributed by atoms with van der Waals surface area (Å²) in [7, 11) is 0. The summed E-state index contributed by atoms with van der Waals surface area (Å²) in [5, 5.41) is 6.49. The molecule has 0 aromatic heterocycles. The number of carbonyl (C=O) groups is 3. The maximum absolute atomic E-state index is 13.8. The Labute approximate surface area is 258 Å². The molecule has 2 aromatic rings. The normalized spacial score (nSPS) is 19.9. The number of rotatable bonds is 5. The molecule has 0 unspecified atom stereocenters. The first-order chi connectivity index (χ1) is 19.1. The highest BCUT2D eigenvalue weighted by atomic mass is 79.9. The number of ketones is 2. The number of dihydropyridines is 1. The van der Waals surface area contributed by atoms with Crippen LogP contribution in [0.2, 0.25) is 0 Å². The molecule has 41 heavy (non-hydrogen) atoms. The van der Waals surface area contributed by atoms with E-state index in [9.17, 15) is 14.4 Å². The maximum atomic E-state index is 13.8. The second kappa shape index (κ2) is 10.8. The number of Topliss-reactive ketones (excluding diaryl/α,β-unsaturated/α-hetero) is 2. The van der Waals surface area contributed by atoms with Crippen LogP contribution in [0.4, 0.5) is 5.69 Å². The van der Waals surface area contributed by atoms with Crippen molar-refractivity contribution in [2.24, 2.45) is 10.8 Å². The lowest BCUT2D eigenvalue weighted by Crippen LogP contribution is -2.42. The number of allylic oxidation sites excluding steroid dienone is 4. The molecule has 2 N–H and O–H groups in total. The van der Waals surface area contributed by atoms with Gasteiger partial charge in [0.1, 0.15) is 5.75 Å². The lowest BCUT2D eigenvalue weighted by molar-refractivity contribution is -0.120. The molecule has 2 aromatic carbocycles. The van der Waals surface area contributed by atoms with Crippen LogP contribution < -0.4 is 15.4 Å². The highest BCUT2D eigenvalue weighted by molar-refractivity contribution is 9.11. The highest BCUT2D eigenvalue weighted by Crippen LogP contribution is 2.53. The van der Waals surface area contributed by atoms with Gasteiger partial charge < -0.3 is 15.4 Å². The SMILES string of the molecule is Cc1ccc(NC(=O)COc2c(Br)cc(Br)cc2C2C3=C(CC(C)(C)CC3=O)NC3=C2C(=O)CC(C)(C)C3)c(C)c1. The van der Waals surface area contributed by atoms with E-state index < -0.39 is 5.92 Å². The zero-order chi connectivity index (χ0) is 29.9. The second-order valence-electron chi connectivity index (χ2n) is 13.2. The van der Waals surface area contributed by atoms with Gasteiger partial charge in [-0.05, 0) is 77.2 Å². The van der Waals surface area contributed by atoms with E-state index in [-0.39, 0.29) is 34.9 Å². The predicted molar refractivity (Wildman–Crippen MR) is 168 cm³/mol. The average molecular weight is 684 g/mol. The van der Waals surface area contributed by atoms with E-state index >= 15 is 0 Å². The molecule has 1 amide bonds. The van der Waals surface area contributed by atoms with Crippen molar-refractivity contribution in [2.45, 2.75) is 73.1 Å². The molecule has 0 atom stereocenters. The van der Waals surface area contributed by atoms with Crippen LogP contribution in [0.3, 0.4) is 0 Å². The number of hydrogen-bond acceptors (Lipinski definition) is 5. The molecule has 0 saturated carbocycles. The fourth-order valence-corrected chi connectivity index (χ4v) is 7.80. The van der Waals surface area contributed by atoms with Crippen molar-refractivity contribution in [3.63, 3.8) is 0 Å². The summed E-state index contributed by atoms with van der Waals surface area (Å²) in [6.45, 7) is 12.1. The van der Waals surface area contributed by atoms with Gasteiger partial charge in [0.25, 0.3) is 5.91 Å². The molecule has 2 aliphatic carbocycles. The lowest BCUT2D eigenvalue weighted by atomic mass is 9.64. The van der Waals surface area contributed by atoms with E-state index in [0.29, 0.717) is 52.6 Å². The number of halogens is 2. The Morgan fingerprint density at radius 2 is 1.51 bits per heavy atom. The summed E-state index contributed by atoms with van der Waals surface area (Å²) in [6.07, 6.45) is 2.21. The number of benzene rings is 2. The van der Waals surface area contributed by atoms with E-state index in [4.69, 9.17) is 4.74 Å². The van der Waals surface area contributed by atoms with Crippen LogP contribution in [0.1, 0.15) is 76.0 Å². The van der Waals surface area contributed by atoms with Crippen molar-refractivity contribution in [1.82, 2.24) is 5.32 Å². The van der Waals surface area contributed by atoms with Gasteiger partial charge in [-0.3, -0.25) is 14.4 Å². The molecule has 0 saturated heterocycles. The van der Waals surface area contributed by atoms with E-state index in [1.807, 2.05) is 44.2 Å². The second-order valence-corrected chi connectivity index (χ2v) is 15.0. The minimum absolute atomic E-state index is 0.0348. The van der Waals surface area contributed by atoms with Crippen LogP contribution in [0.25, 0.3) is 0 Å². The number of anilines is 1. The summed E-state index contributed by atoms with van der Waals surface area (Å²) < 4.78 is 7.63. The molecule has 0 fully saturated rings. The Bertz CT molecular complexity index is 1500. The van der Waals surface area contributed by atoms with Crippen molar-refractivity contribution in [1.29, 1.82) is 0 Å². The smallest absolute Gasteiger partial charge is 0.262 e. The van der Waals surface area contributed by atoms with Crippen LogP contribution in [0.15, 0.2) is 61.8 Å². The first-order valence-corrected chi connectivity index (χ1v) is 15.5. The Hall–Kier alpha value is -2.71. The monoisotopic (exact) mass is 682 g/mol. The zero-order valence-electron chi connectivity index (χ0n) is 24.4. The van der Waals surface area contributed by atoms with Crippen LogP contribution in [0.5, 0.6) is 5.75 Å². The van der Waals surface area contributed by atoms with Crippen molar-refractivity contribution in [2.75, 3.05) is 11.9 Å². The molecule has 1 aliphatic heterocycles. The number of amides is 1. The highest BCUT2D eigenvalue weighted by Gasteiger charge is 2.47. The molecule has 5 rings (SSSR count). The van der Waals surface area contributed by atoms with Gasteiger partial charge in [-0.2, -0.15) is 0 Å². The fraction of sp³-hybridized carbons (Fsp3) is 0.424. The molecule has 8 heteroatoms. The lowest BCUT2D eigenvalue weighted by Gasteiger charge is -2.44. The number of ether oxygens (including phenoxy) is 1. The zero-order valence-corrected chi connectivity index (χ0v) is 27.6. The van der Waals surface area contributed by atoms with Gasteiger partial charge in [-0.1, -0.05) is 61.3 Å². The third kappa shape index (κ3) is 6.09. The molecular weight excluding hydrogens is 648 g/mol. The topological polar surface area (TPSA) is 84.5 Å². The van der Waals surface area contributed by atoms with Crippen LogP contribution in [0, 0.1) is 24.7 Å². The molecule has 0 bridgehead atoms. The molecule has 6 nitrogen and oxygen atoms in total. The number of nitrogens with one attached hydrogen (secondary N) is 2. The number of carbonyl (C=O) groups excluding carboxylic acids is 3. The molecule has 216 valence electrons. The van der Waals surface area contributed by atoms with Gasteiger partial charge in [0.15, 0.2) is 18.2 Å². The Morgan fingerprint density at radius 3 is 2.07 bits per heavy atom. The summed E-state index contributed by atoms with van der Waals surface area (Å²) in [5.41, 5.74) is 6.15. The molecular formula is C33H36Br2N2O4.